The minimum atomic E-state index is -2.76. The molecule has 0 aromatic carbocycles. The number of rotatable bonds is 21. The normalized spacial score (nSPS) is 12.7. The Labute approximate surface area is 211 Å². The zero-order valence-electron chi connectivity index (χ0n) is 23.3. The Morgan fingerprint density at radius 3 is 1.29 bits per heavy atom. The maximum atomic E-state index is 5.86. The van der Waals surface area contributed by atoms with E-state index < -0.39 is 17.6 Å². The van der Waals surface area contributed by atoms with Gasteiger partial charge in [-0.25, -0.2) is 0 Å². The molecule has 0 aromatic heterocycles. The molecule has 204 valence electrons. The molecule has 0 amide bonds. The van der Waals surface area contributed by atoms with Gasteiger partial charge in [-0.05, 0) is 61.8 Å². The fourth-order valence-corrected chi connectivity index (χ4v) is 7.95. The summed E-state index contributed by atoms with van der Waals surface area (Å²) < 4.78 is 45.8. The quantitative estimate of drug-likeness (QED) is 0.151. The van der Waals surface area contributed by atoms with Crippen LogP contribution in [0.1, 0.15) is 68.7 Å². The summed E-state index contributed by atoms with van der Waals surface area (Å²) in [6, 6.07) is 0. The molecule has 0 heterocycles. The van der Waals surface area contributed by atoms with Gasteiger partial charge in [0, 0.05) is 39.6 Å². The third kappa shape index (κ3) is 15.6. The van der Waals surface area contributed by atoms with E-state index in [-0.39, 0.29) is 5.73 Å². The molecule has 0 saturated carbocycles. The van der Waals surface area contributed by atoms with Crippen molar-refractivity contribution in [1.29, 1.82) is 0 Å². The van der Waals surface area contributed by atoms with Crippen LogP contribution in [0.25, 0.3) is 0 Å². The average Bonchev–Trinajstić information content (AvgIpc) is 2.75. The van der Waals surface area contributed by atoms with Crippen LogP contribution in [0.2, 0.25) is 0 Å². The first kappa shape index (κ1) is 35.8. The second kappa shape index (κ2) is 21.8. The topological polar surface area (TPSA) is 73.8 Å². The van der Waals surface area contributed by atoms with E-state index in [1.807, 2.05) is 55.4 Å². The Hall–Kier alpha value is -0.406. The lowest BCUT2D eigenvalue weighted by Crippen LogP contribution is -2.57. The average molecular weight is 525 g/mol. The lowest BCUT2D eigenvalue weighted by molar-refractivity contribution is -0.00509. The molecule has 0 radical (unpaired) electrons. The van der Waals surface area contributed by atoms with Crippen molar-refractivity contribution in [2.75, 3.05) is 59.1 Å². The second-order valence-electron chi connectivity index (χ2n) is 7.50. The van der Waals surface area contributed by atoms with Crippen molar-refractivity contribution in [2.45, 2.75) is 74.5 Å². The van der Waals surface area contributed by atoms with Gasteiger partial charge < -0.3 is 36.0 Å². The van der Waals surface area contributed by atoms with Crippen molar-refractivity contribution >= 4 is 17.6 Å². The van der Waals surface area contributed by atoms with Crippen LogP contribution in [0.4, 0.5) is 0 Å². The Morgan fingerprint density at radius 1 is 0.618 bits per heavy atom. The lowest BCUT2D eigenvalue weighted by atomic mass is 10.4. The van der Waals surface area contributed by atoms with E-state index in [4.69, 9.17) is 36.0 Å². The van der Waals surface area contributed by atoms with Crippen LogP contribution in [-0.4, -0.2) is 82.4 Å². The van der Waals surface area contributed by atoms with E-state index in [0.717, 1.165) is 17.6 Å². The molecule has 34 heavy (non-hydrogen) atoms. The summed E-state index contributed by atoms with van der Waals surface area (Å²) in [6.07, 6.45) is 1.19. The summed E-state index contributed by atoms with van der Waals surface area (Å²) >= 11 is 0. The maximum Gasteiger partial charge on any atom is 0.531 e. The largest absolute Gasteiger partial charge is 0.531 e. The van der Waals surface area contributed by atoms with E-state index in [0.29, 0.717) is 59.1 Å². The van der Waals surface area contributed by atoms with Gasteiger partial charge in [-0.15, -0.1) is 0 Å². The van der Waals surface area contributed by atoms with E-state index in [1.54, 1.807) is 0 Å². The van der Waals surface area contributed by atoms with Gasteiger partial charge in [0.1, 0.15) is 12.0 Å². The summed E-state index contributed by atoms with van der Waals surface area (Å²) in [5, 5.41) is 0. The first-order valence-corrected chi connectivity index (χ1v) is 16.2. The van der Waals surface area contributed by atoms with E-state index in [1.165, 1.54) is 0 Å². The molecule has 0 aliphatic carbocycles. The minimum absolute atomic E-state index is 0.131. The zero-order valence-corrected chi connectivity index (χ0v) is 25.3. The van der Waals surface area contributed by atoms with Crippen molar-refractivity contribution in [1.82, 2.24) is 0 Å². The number of ether oxygens (including phenoxy) is 2. The molecule has 0 rings (SSSR count). The van der Waals surface area contributed by atoms with E-state index in [9.17, 15) is 0 Å². The monoisotopic (exact) mass is 524 g/mol. The van der Waals surface area contributed by atoms with Gasteiger partial charge in [-0.3, -0.25) is 0 Å². The predicted molar refractivity (Wildman–Crippen MR) is 142 cm³/mol. The molecular formula is C24H52O8Si2. The SMILES string of the molecule is C=C(C)COC(CC)[Si](OCC)(OCC)OCC.C=C(C)COC[Si](OCC)(OCC)OCC. The highest BCUT2D eigenvalue weighted by atomic mass is 28.4. The molecule has 0 saturated heterocycles. The van der Waals surface area contributed by atoms with Crippen molar-refractivity contribution in [3.63, 3.8) is 0 Å². The molecule has 0 spiro atoms. The van der Waals surface area contributed by atoms with Crippen LogP contribution in [0.3, 0.4) is 0 Å². The van der Waals surface area contributed by atoms with Crippen molar-refractivity contribution < 1.29 is 36.0 Å². The van der Waals surface area contributed by atoms with Gasteiger partial charge in [0.15, 0.2) is 0 Å². The number of hydrogen-bond donors (Lipinski definition) is 0. The Morgan fingerprint density at radius 2 is 1.00 bits per heavy atom. The van der Waals surface area contributed by atoms with Gasteiger partial charge in [0.05, 0.1) is 13.2 Å². The fraction of sp³-hybridized carbons (Fsp3) is 0.833. The molecule has 1 atom stereocenters. The zero-order chi connectivity index (χ0) is 26.5. The van der Waals surface area contributed by atoms with Crippen LogP contribution >= 0.6 is 0 Å². The van der Waals surface area contributed by atoms with Crippen LogP contribution in [0.15, 0.2) is 24.3 Å². The Kier molecular flexibility index (Phi) is 23.0. The van der Waals surface area contributed by atoms with Crippen LogP contribution in [0.5, 0.6) is 0 Å². The molecule has 0 aliphatic heterocycles. The summed E-state index contributed by atoms with van der Waals surface area (Å²) in [5.74, 6) is 0. The Balaban J connectivity index is 0. The molecule has 10 heteroatoms. The van der Waals surface area contributed by atoms with E-state index >= 15 is 0 Å². The number of hydrogen-bond acceptors (Lipinski definition) is 8. The maximum absolute atomic E-state index is 5.86. The third-order valence-corrected chi connectivity index (χ3v) is 10.2. The minimum Gasteiger partial charge on any atom is -0.373 e. The van der Waals surface area contributed by atoms with Gasteiger partial charge in [0.25, 0.3) is 0 Å². The molecular weight excluding hydrogens is 472 g/mol. The van der Waals surface area contributed by atoms with Crippen molar-refractivity contribution in [3.05, 3.63) is 24.3 Å². The summed E-state index contributed by atoms with van der Waals surface area (Å²) in [6.45, 7) is 29.6. The summed E-state index contributed by atoms with van der Waals surface area (Å²) in [7, 11) is -5.38. The molecule has 0 bridgehead atoms. The highest BCUT2D eigenvalue weighted by Crippen LogP contribution is 2.21. The first-order valence-electron chi connectivity index (χ1n) is 12.5. The van der Waals surface area contributed by atoms with Crippen molar-refractivity contribution in [2.24, 2.45) is 0 Å². The highest BCUT2D eigenvalue weighted by Gasteiger charge is 2.49. The molecule has 1 unspecified atom stereocenters. The highest BCUT2D eigenvalue weighted by molar-refractivity contribution is 6.62. The molecule has 8 nitrogen and oxygen atoms in total. The Bertz CT molecular complexity index is 485. The smallest absolute Gasteiger partial charge is 0.373 e. The first-order chi connectivity index (χ1) is 16.2. The molecule has 0 aromatic rings. The van der Waals surface area contributed by atoms with Gasteiger partial charge in [0.2, 0.25) is 0 Å². The predicted octanol–water partition coefficient (Wildman–Crippen LogP) is 5.11. The molecule has 0 N–H and O–H groups in total. The molecule has 0 aliphatic rings. The third-order valence-electron chi connectivity index (χ3n) is 4.05. The van der Waals surface area contributed by atoms with Gasteiger partial charge >= 0.3 is 17.6 Å². The van der Waals surface area contributed by atoms with Crippen LogP contribution in [0, 0.1) is 0 Å². The standard InChI is InChI=1S/C13H28O4Si.C11H24O4Si/c1-7-13(14-11-12(5)6)18(15-8-2,16-9-3)17-10-4;1-6-13-16(14-7-2,15-8-3)10-12-9-11(4)5/h13H,5,7-11H2,1-4,6H3;4,6-10H2,1-3,5H3. The second-order valence-corrected chi connectivity index (χ2v) is 12.7. The lowest BCUT2D eigenvalue weighted by Gasteiger charge is -2.34. The van der Waals surface area contributed by atoms with Crippen LogP contribution in [-0.2, 0) is 36.0 Å². The fourth-order valence-electron chi connectivity index (χ4n) is 2.98. The molecule has 0 fully saturated rings. The summed E-state index contributed by atoms with van der Waals surface area (Å²) in [5.41, 5.74) is 1.84. The van der Waals surface area contributed by atoms with Crippen LogP contribution < -0.4 is 0 Å². The van der Waals surface area contributed by atoms with Crippen molar-refractivity contribution in [3.8, 4) is 0 Å². The summed E-state index contributed by atoms with van der Waals surface area (Å²) in [4.78, 5) is 0. The van der Waals surface area contributed by atoms with Gasteiger partial charge in [-0.2, -0.15) is 0 Å². The van der Waals surface area contributed by atoms with E-state index in [2.05, 4.69) is 20.1 Å². The van der Waals surface area contributed by atoms with Gasteiger partial charge in [-0.1, -0.05) is 31.2 Å².